The third kappa shape index (κ3) is 3.13. The van der Waals surface area contributed by atoms with Gasteiger partial charge in [0.15, 0.2) is 0 Å². The number of carbonyl (C=O) groups is 2. The van der Waals surface area contributed by atoms with Crippen LogP contribution in [0.15, 0.2) is 41.0 Å². The van der Waals surface area contributed by atoms with Gasteiger partial charge in [0.25, 0.3) is 11.8 Å². The van der Waals surface area contributed by atoms with Crippen molar-refractivity contribution in [1.29, 1.82) is 0 Å². The van der Waals surface area contributed by atoms with Crippen molar-refractivity contribution in [2.75, 3.05) is 33.3 Å². The van der Waals surface area contributed by atoms with Gasteiger partial charge in [-0.05, 0) is 37.3 Å². The van der Waals surface area contributed by atoms with Gasteiger partial charge in [0.1, 0.15) is 11.5 Å². The average molecular weight is 328 g/mol. The van der Waals surface area contributed by atoms with Crippen LogP contribution in [0.2, 0.25) is 0 Å². The molecular weight excluding hydrogens is 308 g/mol. The highest BCUT2D eigenvalue weighted by molar-refractivity contribution is 5.96. The van der Waals surface area contributed by atoms with Crippen molar-refractivity contribution in [3.05, 3.63) is 53.5 Å². The molecule has 1 aromatic carbocycles. The quantitative estimate of drug-likeness (QED) is 0.866. The number of hydrogen-bond acceptors (Lipinski definition) is 4. The number of rotatable bonds is 3. The smallest absolute Gasteiger partial charge is 0.257 e. The summed E-state index contributed by atoms with van der Waals surface area (Å²) in [6, 6.07) is 8.75. The minimum Gasteiger partial charge on any atom is -0.497 e. The van der Waals surface area contributed by atoms with Crippen LogP contribution in [-0.2, 0) is 0 Å². The molecule has 24 heavy (non-hydrogen) atoms. The fourth-order valence-electron chi connectivity index (χ4n) is 2.81. The lowest BCUT2D eigenvalue weighted by molar-refractivity contribution is 0.0534. The van der Waals surface area contributed by atoms with Gasteiger partial charge in [-0.2, -0.15) is 0 Å². The number of hydrogen-bond donors (Lipinski definition) is 0. The second kappa shape index (κ2) is 6.78. The summed E-state index contributed by atoms with van der Waals surface area (Å²) in [5.74, 6) is 1.27. The Morgan fingerprint density at radius 1 is 0.958 bits per heavy atom. The predicted octanol–water partition coefficient (Wildman–Crippen LogP) is 2.19. The molecule has 2 heterocycles. The molecule has 6 nitrogen and oxygen atoms in total. The molecule has 0 unspecified atom stereocenters. The number of benzene rings is 1. The Balaban J connectivity index is 1.61. The minimum absolute atomic E-state index is 0.0238. The molecule has 126 valence electrons. The molecule has 0 spiro atoms. The largest absolute Gasteiger partial charge is 0.497 e. The SMILES string of the molecule is COc1ccc(C(=O)N2CCN(C(=O)c3ccoc3C)CC2)cc1. The van der Waals surface area contributed by atoms with E-state index in [1.54, 1.807) is 54.2 Å². The molecule has 3 rings (SSSR count). The Morgan fingerprint density at radius 3 is 2.04 bits per heavy atom. The van der Waals surface area contributed by atoms with E-state index in [-0.39, 0.29) is 11.8 Å². The fourth-order valence-corrected chi connectivity index (χ4v) is 2.81. The van der Waals surface area contributed by atoms with Crippen molar-refractivity contribution in [2.45, 2.75) is 6.92 Å². The number of aryl methyl sites for hydroxylation is 1. The van der Waals surface area contributed by atoms with E-state index in [4.69, 9.17) is 9.15 Å². The van der Waals surface area contributed by atoms with Crippen LogP contribution in [0.3, 0.4) is 0 Å². The monoisotopic (exact) mass is 328 g/mol. The molecule has 1 fully saturated rings. The summed E-state index contributed by atoms with van der Waals surface area (Å²) in [4.78, 5) is 28.5. The van der Waals surface area contributed by atoms with Crippen molar-refractivity contribution in [3.63, 3.8) is 0 Å². The fraction of sp³-hybridized carbons (Fsp3) is 0.333. The number of carbonyl (C=O) groups excluding carboxylic acids is 2. The van der Waals surface area contributed by atoms with Crippen LogP contribution < -0.4 is 4.74 Å². The Morgan fingerprint density at radius 2 is 1.54 bits per heavy atom. The first kappa shape index (κ1) is 16.1. The summed E-state index contributed by atoms with van der Waals surface area (Å²) in [5, 5.41) is 0. The third-order valence-corrected chi connectivity index (χ3v) is 4.28. The first-order chi connectivity index (χ1) is 11.6. The van der Waals surface area contributed by atoms with Gasteiger partial charge in [0, 0.05) is 31.7 Å². The topological polar surface area (TPSA) is 63.0 Å². The second-order valence-electron chi connectivity index (χ2n) is 5.70. The van der Waals surface area contributed by atoms with Crippen molar-refractivity contribution >= 4 is 11.8 Å². The number of furan rings is 1. The lowest BCUT2D eigenvalue weighted by Gasteiger charge is -2.34. The zero-order valence-corrected chi connectivity index (χ0v) is 13.8. The molecule has 6 heteroatoms. The molecule has 0 bridgehead atoms. The standard InChI is InChI=1S/C18H20N2O4/c1-13-16(7-12-24-13)18(22)20-10-8-19(9-11-20)17(21)14-3-5-15(23-2)6-4-14/h3-7,12H,8-11H2,1-2H3. The number of amides is 2. The summed E-state index contributed by atoms with van der Waals surface area (Å²) in [6.45, 7) is 3.86. The second-order valence-corrected chi connectivity index (χ2v) is 5.70. The predicted molar refractivity (Wildman–Crippen MR) is 88.2 cm³/mol. The van der Waals surface area contributed by atoms with Crippen LogP contribution in [0.1, 0.15) is 26.5 Å². The highest BCUT2D eigenvalue weighted by atomic mass is 16.5. The van der Waals surface area contributed by atoms with E-state index in [0.717, 1.165) is 5.75 Å². The Kier molecular flexibility index (Phi) is 4.55. The molecule has 1 aliphatic rings. The van der Waals surface area contributed by atoms with Crippen molar-refractivity contribution in [3.8, 4) is 5.75 Å². The van der Waals surface area contributed by atoms with Gasteiger partial charge >= 0.3 is 0 Å². The van der Waals surface area contributed by atoms with Crippen molar-refractivity contribution < 1.29 is 18.7 Å². The average Bonchev–Trinajstić information content (AvgIpc) is 3.06. The molecule has 0 N–H and O–H groups in total. The summed E-state index contributed by atoms with van der Waals surface area (Å²) >= 11 is 0. The first-order valence-electron chi connectivity index (χ1n) is 7.87. The summed E-state index contributed by atoms with van der Waals surface area (Å²) in [7, 11) is 1.59. The maximum absolute atomic E-state index is 12.5. The molecular formula is C18H20N2O4. The molecule has 1 saturated heterocycles. The van der Waals surface area contributed by atoms with Gasteiger partial charge in [-0.3, -0.25) is 9.59 Å². The molecule has 1 aliphatic heterocycles. The van der Waals surface area contributed by atoms with Crippen LogP contribution in [0.25, 0.3) is 0 Å². The maximum atomic E-state index is 12.5. The Hall–Kier alpha value is -2.76. The van der Waals surface area contributed by atoms with Crippen molar-refractivity contribution in [2.24, 2.45) is 0 Å². The number of piperazine rings is 1. The van der Waals surface area contributed by atoms with E-state index in [0.29, 0.717) is 43.1 Å². The molecule has 0 saturated carbocycles. The molecule has 2 aromatic rings. The van der Waals surface area contributed by atoms with Crippen LogP contribution in [0, 0.1) is 6.92 Å². The van der Waals surface area contributed by atoms with Gasteiger partial charge in [0.05, 0.1) is 18.9 Å². The van der Waals surface area contributed by atoms with Gasteiger partial charge in [-0.25, -0.2) is 0 Å². The van der Waals surface area contributed by atoms with Crippen LogP contribution >= 0.6 is 0 Å². The molecule has 0 aliphatic carbocycles. The van der Waals surface area contributed by atoms with E-state index < -0.39 is 0 Å². The zero-order chi connectivity index (χ0) is 17.1. The molecule has 0 radical (unpaired) electrons. The van der Waals surface area contributed by atoms with Gasteiger partial charge in [-0.15, -0.1) is 0 Å². The molecule has 2 amide bonds. The third-order valence-electron chi connectivity index (χ3n) is 4.28. The summed E-state index contributed by atoms with van der Waals surface area (Å²) < 4.78 is 10.3. The van der Waals surface area contributed by atoms with Gasteiger partial charge in [0.2, 0.25) is 0 Å². The molecule has 0 atom stereocenters. The van der Waals surface area contributed by atoms with Gasteiger partial charge in [-0.1, -0.05) is 0 Å². The lowest BCUT2D eigenvalue weighted by Crippen LogP contribution is -2.50. The first-order valence-corrected chi connectivity index (χ1v) is 7.87. The normalized spacial score (nSPS) is 14.6. The van der Waals surface area contributed by atoms with Gasteiger partial charge < -0.3 is 19.0 Å². The number of nitrogens with zero attached hydrogens (tertiary/aromatic N) is 2. The Bertz CT molecular complexity index is 728. The highest BCUT2D eigenvalue weighted by Crippen LogP contribution is 2.16. The van der Waals surface area contributed by atoms with E-state index in [2.05, 4.69) is 0 Å². The van der Waals surface area contributed by atoms with E-state index in [1.807, 2.05) is 0 Å². The van der Waals surface area contributed by atoms with E-state index in [9.17, 15) is 9.59 Å². The maximum Gasteiger partial charge on any atom is 0.257 e. The van der Waals surface area contributed by atoms with E-state index in [1.165, 1.54) is 6.26 Å². The van der Waals surface area contributed by atoms with E-state index >= 15 is 0 Å². The van der Waals surface area contributed by atoms with Crippen LogP contribution in [0.5, 0.6) is 5.75 Å². The lowest BCUT2D eigenvalue weighted by atomic mass is 10.1. The van der Waals surface area contributed by atoms with Crippen molar-refractivity contribution in [1.82, 2.24) is 9.80 Å². The van der Waals surface area contributed by atoms with Crippen LogP contribution in [-0.4, -0.2) is 54.9 Å². The summed E-state index contributed by atoms with van der Waals surface area (Å²) in [5.41, 5.74) is 1.21. The number of methoxy groups -OCH3 is 1. The Labute approximate surface area is 140 Å². The zero-order valence-electron chi connectivity index (χ0n) is 13.8. The molecule has 1 aromatic heterocycles. The minimum atomic E-state index is -0.0437. The number of ether oxygens (including phenoxy) is 1. The summed E-state index contributed by atoms with van der Waals surface area (Å²) in [6.07, 6.45) is 1.52. The van der Waals surface area contributed by atoms with Crippen LogP contribution in [0.4, 0.5) is 0 Å². The highest BCUT2D eigenvalue weighted by Gasteiger charge is 2.26.